The van der Waals surface area contributed by atoms with E-state index in [2.05, 4.69) is 31.1 Å². The maximum atomic E-state index is 5.32. The average molecular weight is 250 g/mol. The number of hydrogen-bond donors (Lipinski definition) is 0. The second-order valence-corrected chi connectivity index (χ2v) is 4.23. The Labute approximate surface area is 106 Å². The van der Waals surface area contributed by atoms with Crippen molar-refractivity contribution in [2.24, 2.45) is 0 Å². The Morgan fingerprint density at radius 1 is 0.778 bits per heavy atom. The first-order chi connectivity index (χ1) is 8.93. The van der Waals surface area contributed by atoms with Gasteiger partial charge in [-0.25, -0.2) is 0 Å². The van der Waals surface area contributed by atoms with E-state index in [9.17, 15) is 0 Å². The minimum atomic E-state index is 0.690. The monoisotopic (exact) mass is 250 g/mol. The number of anilines is 2. The van der Waals surface area contributed by atoms with Crippen LogP contribution in [0.3, 0.4) is 0 Å². The van der Waals surface area contributed by atoms with Crippen LogP contribution in [-0.2, 0) is 9.47 Å². The fraction of sp³-hybridized carbons (Fsp3) is 0.727. The summed E-state index contributed by atoms with van der Waals surface area (Å²) in [5.74, 6) is 1.38. The SMILES string of the molecule is [c]1nc(N2CCOCC2)nc(N2CCOCC2)n1. The molecule has 0 amide bonds. The topological polar surface area (TPSA) is 63.6 Å². The van der Waals surface area contributed by atoms with Crippen molar-refractivity contribution in [3.8, 4) is 0 Å². The lowest BCUT2D eigenvalue weighted by Crippen LogP contribution is -2.39. The first-order valence-corrected chi connectivity index (χ1v) is 6.21. The van der Waals surface area contributed by atoms with E-state index in [1.54, 1.807) is 0 Å². The van der Waals surface area contributed by atoms with Crippen LogP contribution in [-0.4, -0.2) is 67.6 Å². The van der Waals surface area contributed by atoms with E-state index in [1.165, 1.54) is 0 Å². The van der Waals surface area contributed by atoms with E-state index in [1.807, 2.05) is 0 Å². The smallest absolute Gasteiger partial charge is 0.230 e. The fourth-order valence-electron chi connectivity index (χ4n) is 2.06. The van der Waals surface area contributed by atoms with Crippen molar-refractivity contribution < 1.29 is 9.47 Å². The van der Waals surface area contributed by atoms with Gasteiger partial charge in [0, 0.05) is 26.2 Å². The van der Waals surface area contributed by atoms with Crippen LogP contribution in [0.1, 0.15) is 0 Å². The van der Waals surface area contributed by atoms with E-state index >= 15 is 0 Å². The lowest BCUT2D eigenvalue weighted by molar-refractivity contribution is 0.121. The molecule has 3 heterocycles. The van der Waals surface area contributed by atoms with Crippen LogP contribution in [0.15, 0.2) is 0 Å². The molecule has 0 saturated carbocycles. The van der Waals surface area contributed by atoms with Crippen LogP contribution < -0.4 is 9.80 Å². The second kappa shape index (κ2) is 5.45. The molecule has 0 aliphatic carbocycles. The van der Waals surface area contributed by atoms with Crippen LogP contribution >= 0.6 is 0 Å². The normalized spacial score (nSPS) is 21.1. The Hall–Kier alpha value is -1.47. The molecule has 1 radical (unpaired) electrons. The Balaban J connectivity index is 1.75. The molecule has 97 valence electrons. The molecule has 0 unspecified atom stereocenters. The Bertz CT molecular complexity index is 358. The van der Waals surface area contributed by atoms with E-state index in [-0.39, 0.29) is 0 Å². The zero-order chi connectivity index (χ0) is 12.2. The third kappa shape index (κ3) is 2.51. The molecule has 3 rings (SSSR count). The predicted molar refractivity (Wildman–Crippen MR) is 64.7 cm³/mol. The molecule has 0 atom stereocenters. The molecule has 0 N–H and O–H groups in total. The summed E-state index contributed by atoms with van der Waals surface area (Å²) in [6, 6.07) is 0. The molecular weight excluding hydrogens is 234 g/mol. The highest BCUT2D eigenvalue weighted by atomic mass is 16.5. The number of aromatic nitrogens is 3. The van der Waals surface area contributed by atoms with Crippen molar-refractivity contribution in [3.05, 3.63) is 6.33 Å². The quantitative estimate of drug-likeness (QED) is 0.690. The van der Waals surface area contributed by atoms with Gasteiger partial charge in [-0.1, -0.05) is 0 Å². The van der Waals surface area contributed by atoms with Crippen molar-refractivity contribution in [2.45, 2.75) is 0 Å². The summed E-state index contributed by atoms with van der Waals surface area (Å²) in [7, 11) is 0. The van der Waals surface area contributed by atoms with Gasteiger partial charge in [0.05, 0.1) is 26.4 Å². The molecule has 2 aliphatic rings. The third-order valence-corrected chi connectivity index (χ3v) is 3.09. The molecule has 7 heteroatoms. The fourth-order valence-corrected chi connectivity index (χ4v) is 2.06. The summed E-state index contributed by atoms with van der Waals surface area (Å²) in [6.07, 6.45) is 2.70. The molecule has 0 spiro atoms. The lowest BCUT2D eigenvalue weighted by atomic mass is 10.4. The standard InChI is InChI=1S/C11H16N5O2/c1-5-17-6-2-15(1)10-12-9-13-11(14-10)16-3-7-18-8-4-16/h1-8H2. The number of rotatable bonds is 2. The number of hydrogen-bond acceptors (Lipinski definition) is 7. The molecule has 2 fully saturated rings. The second-order valence-electron chi connectivity index (χ2n) is 4.23. The van der Waals surface area contributed by atoms with Crippen molar-refractivity contribution in [2.75, 3.05) is 62.4 Å². The van der Waals surface area contributed by atoms with Gasteiger partial charge in [0.2, 0.25) is 18.2 Å². The van der Waals surface area contributed by atoms with Gasteiger partial charge in [-0.15, -0.1) is 0 Å². The molecule has 7 nitrogen and oxygen atoms in total. The lowest BCUT2D eigenvalue weighted by Gasteiger charge is -2.29. The number of ether oxygens (including phenoxy) is 2. The van der Waals surface area contributed by atoms with Crippen molar-refractivity contribution in [1.82, 2.24) is 15.0 Å². The van der Waals surface area contributed by atoms with Crippen LogP contribution in [0.5, 0.6) is 0 Å². The summed E-state index contributed by atoms with van der Waals surface area (Å²) < 4.78 is 10.6. The molecule has 2 saturated heterocycles. The first-order valence-electron chi connectivity index (χ1n) is 6.21. The zero-order valence-corrected chi connectivity index (χ0v) is 10.2. The molecule has 0 bridgehead atoms. The minimum Gasteiger partial charge on any atom is -0.378 e. The average Bonchev–Trinajstić information content (AvgIpc) is 2.49. The highest BCUT2D eigenvalue weighted by Gasteiger charge is 2.18. The molecular formula is C11H16N5O2. The van der Waals surface area contributed by atoms with Gasteiger partial charge in [-0.3, -0.25) is 0 Å². The highest BCUT2D eigenvalue weighted by Crippen LogP contribution is 2.14. The number of nitrogens with zero attached hydrogens (tertiary/aromatic N) is 5. The first kappa shape index (κ1) is 11.6. The Morgan fingerprint density at radius 3 is 1.67 bits per heavy atom. The maximum Gasteiger partial charge on any atom is 0.230 e. The predicted octanol–water partition coefficient (Wildman–Crippen LogP) is -0.655. The molecule has 1 aromatic heterocycles. The molecule has 18 heavy (non-hydrogen) atoms. The maximum absolute atomic E-state index is 5.32. The van der Waals surface area contributed by atoms with Gasteiger partial charge in [0.1, 0.15) is 0 Å². The zero-order valence-electron chi connectivity index (χ0n) is 10.2. The summed E-state index contributed by atoms with van der Waals surface area (Å²) >= 11 is 0. The van der Waals surface area contributed by atoms with Gasteiger partial charge in [-0.2, -0.15) is 15.0 Å². The molecule has 2 aliphatic heterocycles. The molecule has 0 aromatic carbocycles. The van der Waals surface area contributed by atoms with Crippen molar-refractivity contribution >= 4 is 11.9 Å². The Morgan fingerprint density at radius 2 is 1.22 bits per heavy atom. The van der Waals surface area contributed by atoms with Crippen LogP contribution in [0.25, 0.3) is 0 Å². The Kier molecular flexibility index (Phi) is 3.51. The third-order valence-electron chi connectivity index (χ3n) is 3.09. The minimum absolute atomic E-state index is 0.690. The van der Waals surface area contributed by atoms with Gasteiger partial charge < -0.3 is 19.3 Å². The van der Waals surface area contributed by atoms with E-state index in [0.29, 0.717) is 11.9 Å². The van der Waals surface area contributed by atoms with Gasteiger partial charge in [0.15, 0.2) is 0 Å². The summed E-state index contributed by atoms with van der Waals surface area (Å²) in [6.45, 7) is 6.16. The highest BCUT2D eigenvalue weighted by molar-refractivity contribution is 5.38. The summed E-state index contributed by atoms with van der Waals surface area (Å²) in [5, 5.41) is 0. The van der Waals surface area contributed by atoms with E-state index in [0.717, 1.165) is 52.6 Å². The van der Waals surface area contributed by atoms with Crippen LogP contribution in [0.4, 0.5) is 11.9 Å². The van der Waals surface area contributed by atoms with E-state index in [4.69, 9.17) is 9.47 Å². The summed E-state index contributed by atoms with van der Waals surface area (Å²) in [4.78, 5) is 17.0. The van der Waals surface area contributed by atoms with Crippen LogP contribution in [0.2, 0.25) is 0 Å². The van der Waals surface area contributed by atoms with Gasteiger partial charge in [0.25, 0.3) is 0 Å². The van der Waals surface area contributed by atoms with Gasteiger partial charge in [-0.05, 0) is 0 Å². The van der Waals surface area contributed by atoms with Crippen molar-refractivity contribution in [3.63, 3.8) is 0 Å². The summed E-state index contributed by atoms with van der Waals surface area (Å²) in [5.41, 5.74) is 0. The van der Waals surface area contributed by atoms with Gasteiger partial charge >= 0.3 is 0 Å². The molecule has 1 aromatic rings. The number of morpholine rings is 2. The van der Waals surface area contributed by atoms with Crippen molar-refractivity contribution in [1.29, 1.82) is 0 Å². The largest absolute Gasteiger partial charge is 0.378 e. The van der Waals surface area contributed by atoms with Crippen LogP contribution in [0, 0.1) is 6.33 Å². The van der Waals surface area contributed by atoms with E-state index < -0.39 is 0 Å².